The highest BCUT2D eigenvalue weighted by molar-refractivity contribution is 6.00. The Morgan fingerprint density at radius 1 is 1.04 bits per heavy atom. The highest BCUT2D eigenvalue weighted by Gasteiger charge is 2.47. The standard InChI is InChI=1S/C36H38N6O3/c1-40-33-27(14-24(16-31(33)45-2)36(44)42-18-23-7-11-28(42)32(23)37)39-35(40)29-15-22-6-10-26(38-34(22)41(29)17-19-3-4-19)21-5-9-25-20(13-21)8-12-30(25)43/h5-6,9-10,13-16,19,23,28,30,32,43H,3-4,7-8,11-12,17-18,37H2,1-2H3/t23?,28?,30?,32-/m1/s1. The third-order valence-corrected chi connectivity index (χ3v) is 10.9. The van der Waals surface area contributed by atoms with E-state index in [9.17, 15) is 9.90 Å². The van der Waals surface area contributed by atoms with Crippen LogP contribution in [-0.4, -0.2) is 60.8 Å². The summed E-state index contributed by atoms with van der Waals surface area (Å²) < 4.78 is 10.3. The number of pyridine rings is 1. The van der Waals surface area contributed by atoms with E-state index in [1.54, 1.807) is 7.11 Å². The third kappa shape index (κ3) is 4.17. The quantitative estimate of drug-likeness (QED) is 0.276. The number of hydrogen-bond acceptors (Lipinski definition) is 6. The fourth-order valence-electron chi connectivity index (χ4n) is 8.24. The minimum Gasteiger partial charge on any atom is -0.494 e. The van der Waals surface area contributed by atoms with Crippen LogP contribution in [0, 0.1) is 11.8 Å². The first kappa shape index (κ1) is 27.1. The van der Waals surface area contributed by atoms with Crippen molar-refractivity contribution in [3.05, 3.63) is 65.2 Å². The Labute approximate surface area is 261 Å². The van der Waals surface area contributed by atoms with Gasteiger partial charge in [-0.05, 0) is 97.9 Å². The van der Waals surface area contributed by atoms with Gasteiger partial charge in [-0.15, -0.1) is 0 Å². The number of rotatable bonds is 6. The lowest BCUT2D eigenvalue weighted by atomic mass is 10.0. The van der Waals surface area contributed by atoms with E-state index in [0.717, 1.165) is 89.2 Å². The first-order chi connectivity index (χ1) is 21.9. The Morgan fingerprint density at radius 2 is 1.91 bits per heavy atom. The highest BCUT2D eigenvalue weighted by Crippen LogP contribution is 2.41. The van der Waals surface area contributed by atoms with E-state index in [0.29, 0.717) is 23.1 Å². The molecule has 1 saturated heterocycles. The molecular formula is C36H38N6O3. The van der Waals surface area contributed by atoms with Gasteiger partial charge >= 0.3 is 0 Å². The van der Waals surface area contributed by atoms with E-state index in [-0.39, 0.29) is 24.1 Å². The van der Waals surface area contributed by atoms with E-state index >= 15 is 0 Å². The molecule has 5 aromatic rings. The Hall–Kier alpha value is -4.21. The summed E-state index contributed by atoms with van der Waals surface area (Å²) >= 11 is 0. The molecule has 2 saturated carbocycles. The second kappa shape index (κ2) is 9.89. The van der Waals surface area contributed by atoms with Gasteiger partial charge in [0.25, 0.3) is 5.91 Å². The smallest absolute Gasteiger partial charge is 0.254 e. The summed E-state index contributed by atoms with van der Waals surface area (Å²) in [7, 11) is 3.67. The van der Waals surface area contributed by atoms with Crippen molar-refractivity contribution >= 4 is 28.0 Å². The van der Waals surface area contributed by atoms with Gasteiger partial charge in [0.1, 0.15) is 16.9 Å². The number of ether oxygens (including phenoxy) is 1. The van der Waals surface area contributed by atoms with Crippen LogP contribution in [0.4, 0.5) is 0 Å². The maximum atomic E-state index is 13.7. The van der Waals surface area contributed by atoms with Crippen LogP contribution in [0.1, 0.15) is 59.7 Å². The molecule has 3 N–H and O–H groups in total. The Balaban J connectivity index is 1.14. The van der Waals surface area contributed by atoms with Gasteiger partial charge in [-0.3, -0.25) is 4.79 Å². The van der Waals surface area contributed by atoms with Crippen molar-refractivity contribution in [2.45, 2.75) is 63.3 Å². The van der Waals surface area contributed by atoms with Gasteiger partial charge < -0.3 is 29.6 Å². The van der Waals surface area contributed by atoms with Crippen molar-refractivity contribution in [3.8, 4) is 28.5 Å². The molecule has 0 radical (unpaired) electrons. The summed E-state index contributed by atoms with van der Waals surface area (Å²) in [5.74, 6) is 2.48. The molecule has 1 aliphatic heterocycles. The van der Waals surface area contributed by atoms with Crippen molar-refractivity contribution in [1.82, 2.24) is 24.0 Å². The van der Waals surface area contributed by atoms with E-state index in [1.165, 1.54) is 18.4 Å². The lowest BCUT2D eigenvalue weighted by molar-refractivity contribution is 0.0700. The Morgan fingerprint density at radius 3 is 2.67 bits per heavy atom. The summed E-state index contributed by atoms with van der Waals surface area (Å²) in [6.07, 6.45) is 5.82. The van der Waals surface area contributed by atoms with Crippen molar-refractivity contribution in [3.63, 3.8) is 0 Å². The minimum atomic E-state index is -0.363. The van der Waals surface area contributed by atoms with Crippen LogP contribution in [0.5, 0.6) is 5.75 Å². The Kier molecular flexibility index (Phi) is 5.96. The van der Waals surface area contributed by atoms with E-state index < -0.39 is 0 Å². The molecule has 9 nitrogen and oxygen atoms in total. The number of piperidine rings is 1. The van der Waals surface area contributed by atoms with Crippen LogP contribution < -0.4 is 10.5 Å². The number of benzene rings is 2. The molecule has 4 heterocycles. The van der Waals surface area contributed by atoms with Crippen molar-refractivity contribution in [1.29, 1.82) is 0 Å². The average Bonchev–Trinajstić information content (AvgIpc) is 3.26. The SMILES string of the molecule is COc1cc(C(=O)N2CC3CCC2[C@@H]3N)cc2nc(-c3cc4ccc(-c5ccc6c(c5)CCC6O)nc4n3CC3CC3)n(C)c12. The number of aliphatic hydroxyl groups excluding tert-OH is 1. The fraction of sp³-hybridized carbons (Fsp3) is 0.417. The Bertz CT molecular complexity index is 2020. The zero-order chi connectivity index (χ0) is 30.6. The molecule has 3 fully saturated rings. The largest absolute Gasteiger partial charge is 0.494 e. The van der Waals surface area contributed by atoms with Gasteiger partial charge in [-0.25, -0.2) is 9.97 Å². The lowest BCUT2D eigenvalue weighted by Crippen LogP contribution is -2.41. The second-order valence-corrected chi connectivity index (χ2v) is 13.6. The van der Waals surface area contributed by atoms with Crippen molar-refractivity contribution in [2.75, 3.05) is 13.7 Å². The van der Waals surface area contributed by atoms with Crippen molar-refractivity contribution in [2.24, 2.45) is 24.6 Å². The monoisotopic (exact) mass is 602 g/mol. The van der Waals surface area contributed by atoms with E-state index in [2.05, 4.69) is 45.5 Å². The van der Waals surface area contributed by atoms with Crippen LogP contribution in [-0.2, 0) is 20.0 Å². The summed E-state index contributed by atoms with van der Waals surface area (Å²) in [4.78, 5) is 26.1. The van der Waals surface area contributed by atoms with Crippen LogP contribution in [0.3, 0.4) is 0 Å². The molecule has 3 aliphatic carbocycles. The van der Waals surface area contributed by atoms with Gasteiger partial charge in [-0.2, -0.15) is 0 Å². The van der Waals surface area contributed by atoms with E-state index in [4.69, 9.17) is 20.4 Å². The number of aromatic nitrogens is 4. The average molecular weight is 603 g/mol. The van der Waals surface area contributed by atoms with Crippen LogP contribution in [0.2, 0.25) is 0 Å². The second-order valence-electron chi connectivity index (χ2n) is 13.6. The van der Waals surface area contributed by atoms with Crippen molar-refractivity contribution < 1.29 is 14.6 Å². The van der Waals surface area contributed by atoms with Gasteiger partial charge in [-0.1, -0.05) is 12.1 Å². The minimum absolute atomic E-state index is 0.00527. The molecule has 2 aromatic carbocycles. The number of nitrogens with zero attached hydrogens (tertiary/aromatic N) is 5. The fourth-order valence-corrected chi connectivity index (χ4v) is 8.24. The number of aryl methyl sites for hydroxylation is 2. The van der Waals surface area contributed by atoms with Gasteiger partial charge in [0.2, 0.25) is 0 Å². The molecule has 3 unspecified atom stereocenters. The van der Waals surface area contributed by atoms with Crippen LogP contribution in [0.15, 0.2) is 48.5 Å². The first-order valence-electron chi connectivity index (χ1n) is 16.3. The number of amides is 1. The molecule has 1 amide bonds. The van der Waals surface area contributed by atoms with Gasteiger partial charge in [0, 0.05) is 48.7 Å². The number of carbonyl (C=O) groups excluding carboxylic acids is 1. The topological polar surface area (TPSA) is 111 Å². The lowest BCUT2D eigenvalue weighted by Gasteiger charge is -2.27. The zero-order valence-corrected chi connectivity index (χ0v) is 25.7. The summed E-state index contributed by atoms with van der Waals surface area (Å²) in [5, 5.41) is 11.4. The maximum Gasteiger partial charge on any atom is 0.254 e. The molecule has 230 valence electrons. The highest BCUT2D eigenvalue weighted by atomic mass is 16.5. The number of hydrogen-bond donors (Lipinski definition) is 2. The zero-order valence-electron chi connectivity index (χ0n) is 25.7. The summed E-state index contributed by atoms with van der Waals surface area (Å²) in [5.41, 5.74) is 14.8. The molecule has 4 atom stereocenters. The molecule has 2 bridgehead atoms. The number of methoxy groups -OCH3 is 1. The molecule has 45 heavy (non-hydrogen) atoms. The van der Waals surface area contributed by atoms with Gasteiger partial charge in [0.05, 0.1) is 30.1 Å². The number of aliphatic hydroxyl groups is 1. The predicted molar refractivity (Wildman–Crippen MR) is 173 cm³/mol. The number of carbonyl (C=O) groups is 1. The first-order valence-corrected chi connectivity index (χ1v) is 16.3. The molecular weight excluding hydrogens is 564 g/mol. The number of imidazole rings is 1. The number of fused-ring (bicyclic) bond motifs is 5. The third-order valence-electron chi connectivity index (χ3n) is 10.9. The van der Waals surface area contributed by atoms with Crippen LogP contribution >= 0.6 is 0 Å². The van der Waals surface area contributed by atoms with Crippen LogP contribution in [0.25, 0.3) is 44.8 Å². The molecule has 4 aliphatic rings. The molecule has 9 heteroatoms. The molecule has 3 aromatic heterocycles. The normalized spacial score (nSPS) is 23.9. The number of likely N-dealkylation sites (tertiary alicyclic amines) is 1. The molecule has 0 spiro atoms. The van der Waals surface area contributed by atoms with E-state index in [1.807, 2.05) is 24.1 Å². The summed E-state index contributed by atoms with van der Waals surface area (Å²) in [6, 6.07) is 16.7. The summed E-state index contributed by atoms with van der Waals surface area (Å²) in [6.45, 7) is 1.61. The number of nitrogens with two attached hydrogens (primary N) is 1. The maximum absolute atomic E-state index is 13.7. The van der Waals surface area contributed by atoms with Gasteiger partial charge in [0.15, 0.2) is 5.82 Å². The molecule has 9 rings (SSSR count). The predicted octanol–water partition coefficient (Wildman–Crippen LogP) is 5.22.